The van der Waals surface area contributed by atoms with Crippen molar-refractivity contribution < 1.29 is 23.9 Å². The van der Waals surface area contributed by atoms with Crippen LogP contribution in [0.25, 0.3) is 0 Å². The van der Waals surface area contributed by atoms with Crippen LogP contribution >= 0.6 is 0 Å². The van der Waals surface area contributed by atoms with E-state index in [1.807, 2.05) is 0 Å². The van der Waals surface area contributed by atoms with E-state index in [2.05, 4.69) is 6.58 Å². The molecule has 0 aromatic heterocycles. The third-order valence-corrected chi connectivity index (χ3v) is 4.90. The zero-order chi connectivity index (χ0) is 17.4. The average molecular weight is 336 g/mol. The van der Waals surface area contributed by atoms with Crippen molar-refractivity contribution in [1.29, 1.82) is 0 Å². The highest BCUT2D eigenvalue weighted by atomic mass is 16.5. The van der Waals surface area contributed by atoms with E-state index in [4.69, 9.17) is 9.47 Å². The second-order valence-corrected chi connectivity index (χ2v) is 6.91. The van der Waals surface area contributed by atoms with Crippen LogP contribution in [-0.2, 0) is 23.9 Å². The van der Waals surface area contributed by atoms with Crippen molar-refractivity contribution >= 4 is 17.7 Å². The molecule has 0 aliphatic heterocycles. The lowest BCUT2D eigenvalue weighted by Crippen LogP contribution is -2.25. The minimum Gasteiger partial charge on any atom is -0.462 e. The summed E-state index contributed by atoms with van der Waals surface area (Å²) in [6.07, 6.45) is 9.94. The van der Waals surface area contributed by atoms with Crippen LogP contribution in [0.15, 0.2) is 12.2 Å². The fourth-order valence-electron chi connectivity index (χ4n) is 3.44. The summed E-state index contributed by atoms with van der Waals surface area (Å²) in [6, 6.07) is 0. The van der Waals surface area contributed by atoms with E-state index in [-0.39, 0.29) is 36.4 Å². The Morgan fingerprint density at radius 2 is 1.46 bits per heavy atom. The van der Waals surface area contributed by atoms with Crippen molar-refractivity contribution in [1.82, 2.24) is 0 Å². The summed E-state index contributed by atoms with van der Waals surface area (Å²) < 4.78 is 10.4. The minimum atomic E-state index is -0.681. The van der Waals surface area contributed by atoms with Crippen molar-refractivity contribution in [3.8, 4) is 0 Å². The molecular weight excluding hydrogens is 308 g/mol. The molecule has 0 bridgehead atoms. The molecule has 0 amide bonds. The molecule has 5 nitrogen and oxygen atoms in total. The number of ether oxygens (including phenoxy) is 2. The summed E-state index contributed by atoms with van der Waals surface area (Å²) in [4.78, 5) is 35.7. The predicted molar refractivity (Wildman–Crippen MR) is 89.3 cm³/mol. The minimum absolute atomic E-state index is 0.0103. The SMILES string of the molecule is C=C(CC(=O)OC1CCCCC1)C(=O)OCC(=O)C1CCCCC1. The number of hydrogen-bond acceptors (Lipinski definition) is 5. The van der Waals surface area contributed by atoms with E-state index in [0.29, 0.717) is 0 Å². The van der Waals surface area contributed by atoms with Crippen molar-refractivity contribution in [2.45, 2.75) is 76.7 Å². The molecule has 0 heterocycles. The normalized spacial score (nSPS) is 19.5. The molecule has 2 aliphatic rings. The molecule has 0 atom stereocenters. The first-order valence-corrected chi connectivity index (χ1v) is 9.13. The lowest BCUT2D eigenvalue weighted by atomic mass is 9.86. The monoisotopic (exact) mass is 336 g/mol. The molecule has 0 spiro atoms. The van der Waals surface area contributed by atoms with Crippen LogP contribution < -0.4 is 0 Å². The number of rotatable bonds is 7. The van der Waals surface area contributed by atoms with E-state index >= 15 is 0 Å². The van der Waals surface area contributed by atoms with E-state index in [1.54, 1.807) is 0 Å². The summed E-state index contributed by atoms with van der Waals surface area (Å²) in [6.45, 7) is 3.37. The maximum atomic E-state index is 12.0. The molecule has 134 valence electrons. The maximum Gasteiger partial charge on any atom is 0.334 e. The number of carbonyl (C=O) groups excluding carboxylic acids is 3. The topological polar surface area (TPSA) is 69.7 Å². The van der Waals surface area contributed by atoms with Crippen LogP contribution in [0.3, 0.4) is 0 Å². The first-order valence-electron chi connectivity index (χ1n) is 9.13. The van der Waals surface area contributed by atoms with Crippen molar-refractivity contribution in [3.05, 3.63) is 12.2 Å². The number of ketones is 1. The van der Waals surface area contributed by atoms with E-state index < -0.39 is 11.9 Å². The van der Waals surface area contributed by atoms with Gasteiger partial charge in [0.1, 0.15) is 6.10 Å². The molecule has 0 N–H and O–H groups in total. The standard InChI is InChI=1S/C19H28O5/c1-14(12-18(21)24-16-10-6-3-7-11-16)19(22)23-13-17(20)15-8-4-2-5-9-15/h15-16H,1-13H2. The van der Waals surface area contributed by atoms with Gasteiger partial charge in [0.2, 0.25) is 0 Å². The Morgan fingerprint density at radius 3 is 2.08 bits per heavy atom. The second kappa shape index (κ2) is 9.60. The van der Waals surface area contributed by atoms with Gasteiger partial charge in [-0.05, 0) is 38.5 Å². The van der Waals surface area contributed by atoms with Crippen molar-refractivity contribution in [3.63, 3.8) is 0 Å². The molecule has 0 aromatic rings. The summed E-state index contributed by atoms with van der Waals surface area (Å²) in [7, 11) is 0. The van der Waals surface area contributed by atoms with Gasteiger partial charge in [-0.15, -0.1) is 0 Å². The Labute approximate surface area is 143 Å². The molecule has 5 heteroatoms. The lowest BCUT2D eigenvalue weighted by molar-refractivity contribution is -0.152. The summed E-state index contributed by atoms with van der Waals surface area (Å²) in [5, 5.41) is 0. The molecule has 0 radical (unpaired) electrons. The Kier molecular flexibility index (Phi) is 7.47. The highest BCUT2D eigenvalue weighted by Gasteiger charge is 2.24. The summed E-state index contributed by atoms with van der Waals surface area (Å²) in [5.74, 6) is -1.14. The quantitative estimate of drug-likeness (QED) is 0.526. The molecule has 2 rings (SSSR count). The molecule has 0 unspecified atom stereocenters. The van der Waals surface area contributed by atoms with Gasteiger partial charge in [-0.25, -0.2) is 4.79 Å². The zero-order valence-corrected chi connectivity index (χ0v) is 14.4. The Hall–Kier alpha value is -1.65. The Morgan fingerprint density at radius 1 is 0.875 bits per heavy atom. The largest absolute Gasteiger partial charge is 0.462 e. The number of Topliss-reactive ketones (excluding diaryl/α,β-unsaturated/α-hetero) is 1. The number of carbonyl (C=O) groups is 3. The van der Waals surface area contributed by atoms with Crippen molar-refractivity contribution in [2.24, 2.45) is 5.92 Å². The van der Waals surface area contributed by atoms with Gasteiger partial charge in [0.05, 0.1) is 6.42 Å². The van der Waals surface area contributed by atoms with Gasteiger partial charge in [-0.2, -0.15) is 0 Å². The van der Waals surface area contributed by atoms with Crippen LogP contribution in [-0.4, -0.2) is 30.4 Å². The molecule has 2 fully saturated rings. The van der Waals surface area contributed by atoms with Gasteiger partial charge in [-0.1, -0.05) is 32.3 Å². The highest BCUT2D eigenvalue weighted by Crippen LogP contribution is 2.24. The predicted octanol–water partition coefficient (Wildman–Crippen LogP) is 3.50. The van der Waals surface area contributed by atoms with Crippen LogP contribution in [0, 0.1) is 5.92 Å². The molecule has 0 saturated heterocycles. The van der Waals surface area contributed by atoms with Gasteiger partial charge < -0.3 is 9.47 Å². The van der Waals surface area contributed by atoms with Crippen LogP contribution in [0.1, 0.15) is 70.6 Å². The fourth-order valence-corrected chi connectivity index (χ4v) is 3.44. The van der Waals surface area contributed by atoms with Crippen LogP contribution in [0.2, 0.25) is 0 Å². The third kappa shape index (κ3) is 6.10. The highest BCUT2D eigenvalue weighted by molar-refractivity contribution is 5.94. The fraction of sp³-hybridized carbons (Fsp3) is 0.737. The van der Waals surface area contributed by atoms with Gasteiger partial charge >= 0.3 is 11.9 Å². The Balaban J connectivity index is 1.66. The first kappa shape index (κ1) is 18.7. The summed E-state index contributed by atoms with van der Waals surface area (Å²) >= 11 is 0. The van der Waals surface area contributed by atoms with E-state index in [0.717, 1.165) is 51.4 Å². The van der Waals surface area contributed by atoms with Gasteiger partial charge in [0, 0.05) is 11.5 Å². The third-order valence-electron chi connectivity index (χ3n) is 4.90. The maximum absolute atomic E-state index is 12.0. The Bertz CT molecular complexity index is 470. The van der Waals surface area contributed by atoms with Gasteiger partial charge in [0.15, 0.2) is 12.4 Å². The van der Waals surface area contributed by atoms with Crippen LogP contribution in [0.5, 0.6) is 0 Å². The average Bonchev–Trinajstić information content (AvgIpc) is 2.60. The van der Waals surface area contributed by atoms with E-state index in [1.165, 1.54) is 12.8 Å². The molecule has 2 saturated carbocycles. The molecule has 2 aliphatic carbocycles. The van der Waals surface area contributed by atoms with E-state index in [9.17, 15) is 14.4 Å². The number of esters is 2. The molecule has 0 aromatic carbocycles. The van der Waals surface area contributed by atoms with Gasteiger partial charge in [0.25, 0.3) is 0 Å². The van der Waals surface area contributed by atoms with Gasteiger partial charge in [-0.3, -0.25) is 9.59 Å². The number of hydrogen-bond donors (Lipinski definition) is 0. The molecule has 24 heavy (non-hydrogen) atoms. The van der Waals surface area contributed by atoms with Crippen molar-refractivity contribution in [2.75, 3.05) is 6.61 Å². The smallest absolute Gasteiger partial charge is 0.334 e. The van der Waals surface area contributed by atoms with Crippen LogP contribution in [0.4, 0.5) is 0 Å². The molecular formula is C19H28O5. The summed E-state index contributed by atoms with van der Waals surface area (Å²) in [5.41, 5.74) is 0.0484. The second-order valence-electron chi connectivity index (χ2n) is 6.91. The lowest BCUT2D eigenvalue weighted by Gasteiger charge is -2.22. The first-order chi connectivity index (χ1) is 11.6. The zero-order valence-electron chi connectivity index (χ0n) is 14.4.